The molecule has 0 nitrogen and oxygen atoms in total. The van der Waals surface area contributed by atoms with Gasteiger partial charge in [0.25, 0.3) is 0 Å². The lowest BCUT2D eigenvalue weighted by atomic mass is 9.71. The first-order valence-electron chi connectivity index (χ1n) is 10.7. The number of fused-ring (bicyclic) bond motifs is 8. The third-order valence-electron chi connectivity index (χ3n) is 7.91. The summed E-state index contributed by atoms with van der Waals surface area (Å²) in [5.41, 5.74) is 6.39. The van der Waals surface area contributed by atoms with E-state index < -0.39 is 0 Å². The molecule has 5 aliphatic rings. The summed E-state index contributed by atoms with van der Waals surface area (Å²) in [5.74, 6) is 4.76. The molecule has 1 aromatic rings. The van der Waals surface area contributed by atoms with Crippen molar-refractivity contribution in [2.45, 2.75) is 77.0 Å². The smallest absolute Gasteiger partial charge is 0.00853 e. The van der Waals surface area contributed by atoms with Crippen molar-refractivity contribution >= 4 is 6.08 Å². The van der Waals surface area contributed by atoms with E-state index in [1.54, 1.807) is 61.6 Å². The van der Waals surface area contributed by atoms with Gasteiger partial charge in [0.1, 0.15) is 0 Å². The summed E-state index contributed by atoms with van der Waals surface area (Å²) in [6, 6.07) is 4.63. The van der Waals surface area contributed by atoms with E-state index in [-0.39, 0.29) is 0 Å². The number of aryl methyl sites for hydroxylation is 1. The molecule has 128 valence electrons. The molecule has 0 aromatic heterocycles. The van der Waals surface area contributed by atoms with Gasteiger partial charge in [-0.05, 0) is 110 Å². The van der Waals surface area contributed by atoms with E-state index >= 15 is 0 Å². The van der Waals surface area contributed by atoms with E-state index in [0.29, 0.717) is 0 Å². The quantitative estimate of drug-likeness (QED) is 0.522. The predicted molar refractivity (Wildman–Crippen MR) is 102 cm³/mol. The fraction of sp³-hybridized carbons (Fsp3) is 0.667. The molecule has 3 saturated carbocycles. The van der Waals surface area contributed by atoms with Gasteiger partial charge in [0.05, 0.1) is 0 Å². The highest BCUT2D eigenvalue weighted by Gasteiger charge is 2.47. The minimum atomic E-state index is 1.18. The summed E-state index contributed by atoms with van der Waals surface area (Å²) >= 11 is 0. The van der Waals surface area contributed by atoms with Gasteiger partial charge < -0.3 is 0 Å². The number of allylic oxidation sites excluding steroid dienone is 1. The Hall–Kier alpha value is -1.04. The SMILES string of the molecule is C1=Cc2ccc3c(c2C1)CCCC3.C1CCC2C3CCC(C3)C2C1. The van der Waals surface area contributed by atoms with E-state index in [1.807, 2.05) is 0 Å². The van der Waals surface area contributed by atoms with Gasteiger partial charge in [-0.1, -0.05) is 37.1 Å². The fourth-order valence-corrected chi connectivity index (χ4v) is 6.81. The van der Waals surface area contributed by atoms with Crippen LogP contribution in [0.5, 0.6) is 0 Å². The molecule has 5 aliphatic carbocycles. The topological polar surface area (TPSA) is 0 Å². The van der Waals surface area contributed by atoms with Crippen molar-refractivity contribution < 1.29 is 0 Å². The van der Waals surface area contributed by atoms with E-state index in [2.05, 4.69) is 24.3 Å². The molecule has 3 fully saturated rings. The second-order valence-corrected chi connectivity index (χ2v) is 9.03. The molecule has 0 spiro atoms. The Balaban J connectivity index is 0.000000110. The molecule has 0 N–H and O–H groups in total. The van der Waals surface area contributed by atoms with Crippen molar-refractivity contribution in [3.8, 4) is 0 Å². The first kappa shape index (κ1) is 15.2. The van der Waals surface area contributed by atoms with Gasteiger partial charge in [-0.15, -0.1) is 0 Å². The number of hydrogen-bond acceptors (Lipinski definition) is 0. The standard InChI is InChI=1S/C13H14.C11H18/c1-2-6-12-10(4-1)8-9-11-5-3-7-13(11)12;1-2-4-11-9-6-5-8(7-9)10(11)3-1/h3,5,8-9H,1-2,4,6-7H2;8-11H,1-7H2. The second-order valence-electron chi connectivity index (χ2n) is 9.03. The highest BCUT2D eigenvalue weighted by molar-refractivity contribution is 5.63. The second kappa shape index (κ2) is 6.36. The lowest BCUT2D eigenvalue weighted by Crippen LogP contribution is -2.25. The summed E-state index contributed by atoms with van der Waals surface area (Å²) in [6.45, 7) is 0. The normalized spacial score (nSPS) is 35.0. The van der Waals surface area contributed by atoms with Crippen molar-refractivity contribution in [1.82, 2.24) is 0 Å². The Morgan fingerprint density at radius 2 is 1.46 bits per heavy atom. The van der Waals surface area contributed by atoms with Crippen LogP contribution in [0.4, 0.5) is 0 Å². The molecule has 6 rings (SSSR count). The zero-order valence-electron chi connectivity index (χ0n) is 15.1. The molecule has 4 atom stereocenters. The van der Waals surface area contributed by atoms with E-state index in [0.717, 1.165) is 0 Å². The Bertz CT molecular complexity index is 620. The monoisotopic (exact) mass is 320 g/mol. The van der Waals surface area contributed by atoms with Gasteiger partial charge in [0, 0.05) is 0 Å². The van der Waals surface area contributed by atoms with E-state index in [4.69, 9.17) is 0 Å². The van der Waals surface area contributed by atoms with Gasteiger partial charge in [-0.3, -0.25) is 0 Å². The maximum absolute atomic E-state index is 2.34. The van der Waals surface area contributed by atoms with Crippen LogP contribution in [-0.4, -0.2) is 0 Å². The number of benzene rings is 1. The average molecular weight is 321 g/mol. The van der Waals surface area contributed by atoms with E-state index in [1.165, 1.54) is 61.3 Å². The van der Waals surface area contributed by atoms with Gasteiger partial charge >= 0.3 is 0 Å². The van der Waals surface area contributed by atoms with Crippen LogP contribution in [0.25, 0.3) is 6.08 Å². The minimum Gasteiger partial charge on any atom is -0.0795 e. The maximum Gasteiger partial charge on any atom is -0.00853 e. The third-order valence-corrected chi connectivity index (χ3v) is 7.91. The Morgan fingerprint density at radius 3 is 2.25 bits per heavy atom. The fourth-order valence-electron chi connectivity index (χ4n) is 6.81. The Labute approximate surface area is 147 Å². The zero-order valence-corrected chi connectivity index (χ0v) is 15.1. The molecule has 0 amide bonds. The van der Waals surface area contributed by atoms with Gasteiger partial charge in [-0.25, -0.2) is 0 Å². The molecule has 4 unspecified atom stereocenters. The molecule has 0 aliphatic heterocycles. The number of rotatable bonds is 0. The van der Waals surface area contributed by atoms with Crippen LogP contribution in [0.3, 0.4) is 0 Å². The van der Waals surface area contributed by atoms with Crippen LogP contribution >= 0.6 is 0 Å². The molecular formula is C24H32. The van der Waals surface area contributed by atoms with Gasteiger partial charge in [0.15, 0.2) is 0 Å². The summed E-state index contributed by atoms with van der Waals surface area (Å²) in [6.07, 6.45) is 22.2. The molecule has 0 heteroatoms. The Kier molecular flexibility index (Phi) is 4.03. The lowest BCUT2D eigenvalue weighted by Gasteiger charge is -2.34. The highest BCUT2D eigenvalue weighted by atomic mass is 14.5. The van der Waals surface area contributed by atoms with Crippen LogP contribution in [0.1, 0.15) is 80.0 Å². The van der Waals surface area contributed by atoms with Crippen molar-refractivity contribution in [2.75, 3.05) is 0 Å². The summed E-state index contributed by atoms with van der Waals surface area (Å²) in [4.78, 5) is 0. The van der Waals surface area contributed by atoms with Crippen LogP contribution < -0.4 is 0 Å². The molecule has 1 aromatic carbocycles. The van der Waals surface area contributed by atoms with Crippen LogP contribution in [0, 0.1) is 23.7 Å². The number of hydrogen-bond donors (Lipinski definition) is 0. The van der Waals surface area contributed by atoms with Crippen molar-refractivity contribution in [2.24, 2.45) is 23.7 Å². The molecule has 2 bridgehead atoms. The maximum atomic E-state index is 2.34. The van der Waals surface area contributed by atoms with Crippen LogP contribution in [-0.2, 0) is 19.3 Å². The van der Waals surface area contributed by atoms with Crippen LogP contribution in [0.2, 0.25) is 0 Å². The molecule has 0 radical (unpaired) electrons. The highest BCUT2D eigenvalue weighted by Crippen LogP contribution is 2.57. The largest absolute Gasteiger partial charge is 0.0795 e. The first-order chi connectivity index (χ1) is 11.9. The summed E-state index contributed by atoms with van der Waals surface area (Å²) in [7, 11) is 0. The van der Waals surface area contributed by atoms with Crippen molar-refractivity contribution in [3.63, 3.8) is 0 Å². The third kappa shape index (κ3) is 2.57. The first-order valence-corrected chi connectivity index (χ1v) is 10.7. The van der Waals surface area contributed by atoms with E-state index in [9.17, 15) is 0 Å². The predicted octanol–water partition coefficient (Wildman–Crippen LogP) is 6.36. The Morgan fingerprint density at radius 1 is 0.708 bits per heavy atom. The molecule has 0 saturated heterocycles. The lowest BCUT2D eigenvalue weighted by molar-refractivity contribution is 0.158. The molecule has 24 heavy (non-hydrogen) atoms. The van der Waals surface area contributed by atoms with Crippen LogP contribution in [0.15, 0.2) is 18.2 Å². The van der Waals surface area contributed by atoms with Crippen molar-refractivity contribution in [3.05, 3.63) is 40.5 Å². The molecule has 0 heterocycles. The van der Waals surface area contributed by atoms with Gasteiger partial charge in [0.2, 0.25) is 0 Å². The van der Waals surface area contributed by atoms with Crippen molar-refractivity contribution in [1.29, 1.82) is 0 Å². The minimum absolute atomic E-state index is 1.18. The zero-order chi connectivity index (χ0) is 15.9. The summed E-state index contributed by atoms with van der Waals surface area (Å²) in [5, 5.41) is 0. The molecular weight excluding hydrogens is 288 g/mol. The van der Waals surface area contributed by atoms with Gasteiger partial charge in [-0.2, -0.15) is 0 Å². The summed E-state index contributed by atoms with van der Waals surface area (Å²) < 4.78 is 0. The average Bonchev–Trinajstić information content (AvgIpc) is 3.38.